The van der Waals surface area contributed by atoms with Crippen LogP contribution in [0.1, 0.15) is 27.7 Å². The zero-order valence-electron chi connectivity index (χ0n) is 10.7. The number of carbonyl (C=O) groups excluding carboxylic acids is 2. The second-order valence-corrected chi connectivity index (χ2v) is 5.33. The number of methoxy groups -OCH3 is 1. The topological polar surface area (TPSA) is 64.6 Å². The van der Waals surface area contributed by atoms with Crippen LogP contribution in [0.2, 0.25) is 0 Å². The Morgan fingerprint density at radius 1 is 1.24 bits per heavy atom. The van der Waals surface area contributed by atoms with E-state index in [0.717, 1.165) is 0 Å². The summed E-state index contributed by atoms with van der Waals surface area (Å²) < 4.78 is 11.3. The Morgan fingerprint density at radius 2 is 1.76 bits per heavy atom. The predicted octanol–water partition coefficient (Wildman–Crippen LogP) is 2.39. The number of nitrogens with one attached hydrogen (secondary N) is 1. The molecule has 17 heavy (non-hydrogen) atoms. The van der Waals surface area contributed by atoms with Gasteiger partial charge in [0.05, 0.1) is 7.11 Å². The number of hydrogen-bond acceptors (Lipinski definition) is 4. The van der Waals surface area contributed by atoms with Crippen molar-refractivity contribution in [3.63, 3.8) is 0 Å². The van der Waals surface area contributed by atoms with Gasteiger partial charge in [-0.2, -0.15) is 0 Å². The van der Waals surface area contributed by atoms with Crippen LogP contribution < -0.4 is 5.32 Å². The highest BCUT2D eigenvalue weighted by atomic mass is 123. The Hall–Kier alpha value is -0.790. The highest BCUT2D eigenvalue weighted by Crippen LogP contribution is 2.13. The molecule has 0 saturated heterocycles. The van der Waals surface area contributed by atoms with Crippen molar-refractivity contribution >= 4 is 34.7 Å². The Labute approximate surface area is 115 Å². The Morgan fingerprint density at radius 3 is 2.12 bits per heavy atom. The zero-order chi connectivity index (χ0) is 13.7. The average molecular weight is 351 g/mol. The molecule has 0 radical (unpaired) electrons. The molecule has 0 aliphatic heterocycles. The van der Waals surface area contributed by atoms with E-state index in [4.69, 9.17) is 4.74 Å². The molecular formula is C11H18INO4. The van der Waals surface area contributed by atoms with Crippen molar-refractivity contribution in [1.29, 1.82) is 0 Å². The van der Waals surface area contributed by atoms with Gasteiger partial charge in [0.2, 0.25) is 0 Å². The minimum absolute atomic E-state index is 0.559. The summed E-state index contributed by atoms with van der Waals surface area (Å²) >= 11 is 1.96. The maximum Gasteiger partial charge on any atom is 0.408 e. The number of rotatable bonds is 3. The largest absolute Gasteiger partial charge is 0.467 e. The van der Waals surface area contributed by atoms with Crippen molar-refractivity contribution in [3.05, 3.63) is 10.2 Å². The number of carbonyl (C=O) groups is 2. The third-order valence-corrected chi connectivity index (χ3v) is 2.13. The number of halogens is 1. The van der Waals surface area contributed by atoms with Gasteiger partial charge >= 0.3 is 12.1 Å². The van der Waals surface area contributed by atoms with Crippen molar-refractivity contribution in [2.24, 2.45) is 0 Å². The van der Waals surface area contributed by atoms with Gasteiger partial charge in [0.15, 0.2) is 5.54 Å². The van der Waals surface area contributed by atoms with E-state index < -0.39 is 23.2 Å². The minimum Gasteiger partial charge on any atom is -0.467 e. The third kappa shape index (κ3) is 5.90. The molecule has 1 N–H and O–H groups in total. The first-order valence-electron chi connectivity index (χ1n) is 5.02. The molecule has 98 valence electrons. The second-order valence-electron chi connectivity index (χ2n) is 4.61. The van der Waals surface area contributed by atoms with Gasteiger partial charge in [-0.25, -0.2) is 9.59 Å². The molecule has 0 aliphatic carbocycles. The van der Waals surface area contributed by atoms with Crippen LogP contribution in [0.4, 0.5) is 4.79 Å². The van der Waals surface area contributed by atoms with Crippen LogP contribution in [0.5, 0.6) is 0 Å². The first kappa shape index (κ1) is 16.2. The maximum absolute atomic E-state index is 11.6. The van der Waals surface area contributed by atoms with Crippen molar-refractivity contribution < 1.29 is 19.1 Å². The first-order chi connectivity index (χ1) is 7.64. The number of alkyl carbamates (subject to hydrolysis) is 1. The molecule has 0 fully saturated rings. The molecule has 0 aromatic carbocycles. The Bertz CT molecular complexity index is 322. The summed E-state index contributed by atoms with van der Waals surface area (Å²) in [5, 5.41) is 2.47. The van der Waals surface area contributed by atoms with E-state index >= 15 is 0 Å². The van der Waals surface area contributed by atoms with Crippen molar-refractivity contribution in [1.82, 2.24) is 5.32 Å². The van der Waals surface area contributed by atoms with E-state index in [-0.39, 0.29) is 0 Å². The van der Waals surface area contributed by atoms with Crippen molar-refractivity contribution in [3.8, 4) is 0 Å². The zero-order valence-corrected chi connectivity index (χ0v) is 12.8. The van der Waals surface area contributed by atoms with E-state index in [1.807, 2.05) is 22.6 Å². The summed E-state index contributed by atoms with van der Waals surface area (Å²) in [5.74, 6) is -0.559. The monoisotopic (exact) mass is 351 g/mol. The van der Waals surface area contributed by atoms with E-state index in [1.54, 1.807) is 24.9 Å². The molecule has 6 heteroatoms. The second kappa shape index (κ2) is 6.23. The summed E-state index contributed by atoms with van der Waals surface area (Å²) in [5.41, 5.74) is -1.84. The highest BCUT2D eigenvalue weighted by molar-refractivity contribution is 14.1. The molecule has 1 atom stereocenters. The van der Waals surface area contributed by atoms with Crippen LogP contribution in [0.15, 0.2) is 10.2 Å². The molecule has 0 heterocycles. The number of amides is 1. The smallest absolute Gasteiger partial charge is 0.408 e. The van der Waals surface area contributed by atoms with Crippen molar-refractivity contribution in [2.75, 3.05) is 7.11 Å². The van der Waals surface area contributed by atoms with Crippen LogP contribution in [0, 0.1) is 0 Å². The molecule has 0 unspecified atom stereocenters. The van der Waals surface area contributed by atoms with Crippen LogP contribution in [-0.4, -0.2) is 30.3 Å². The summed E-state index contributed by atoms with van der Waals surface area (Å²) in [6.07, 6.45) is 0.864. The normalized spacial score (nSPS) is 15.2. The Kier molecular flexibility index (Phi) is 5.94. The Balaban J connectivity index is 4.78. The van der Waals surface area contributed by atoms with Gasteiger partial charge in [0, 0.05) is 0 Å². The quantitative estimate of drug-likeness (QED) is 0.627. The number of hydrogen-bond donors (Lipinski definition) is 1. The van der Waals surface area contributed by atoms with Crippen molar-refractivity contribution in [2.45, 2.75) is 38.8 Å². The minimum atomic E-state index is -1.22. The lowest BCUT2D eigenvalue weighted by atomic mass is 10.0. The fraction of sp³-hybridized carbons (Fsp3) is 0.636. The summed E-state index contributed by atoms with van der Waals surface area (Å²) in [6.45, 7) is 6.78. The lowest BCUT2D eigenvalue weighted by Gasteiger charge is -2.27. The van der Waals surface area contributed by atoms with Gasteiger partial charge in [0.25, 0.3) is 0 Å². The molecule has 0 spiro atoms. The fourth-order valence-corrected chi connectivity index (χ4v) is 1.73. The maximum atomic E-state index is 11.6. The fourth-order valence-electron chi connectivity index (χ4n) is 1.01. The van der Waals surface area contributed by atoms with Gasteiger partial charge in [0.1, 0.15) is 5.60 Å². The number of ether oxygens (including phenoxy) is 2. The van der Waals surface area contributed by atoms with Gasteiger partial charge in [-0.05, 0) is 37.9 Å². The average Bonchev–Trinajstić information content (AvgIpc) is 2.13. The molecule has 0 aromatic heterocycles. The summed E-state index contributed by atoms with van der Waals surface area (Å²) in [4.78, 5) is 23.2. The molecular weight excluding hydrogens is 333 g/mol. The summed E-state index contributed by atoms with van der Waals surface area (Å²) in [6, 6.07) is 0. The summed E-state index contributed by atoms with van der Waals surface area (Å²) in [7, 11) is 1.26. The van der Waals surface area contributed by atoms with Crippen LogP contribution in [0.3, 0.4) is 0 Å². The highest BCUT2D eigenvalue weighted by Gasteiger charge is 2.34. The number of esters is 1. The van der Waals surface area contributed by atoms with Crippen LogP contribution in [-0.2, 0) is 14.3 Å². The lowest BCUT2D eigenvalue weighted by Crippen LogP contribution is -2.52. The predicted molar refractivity (Wildman–Crippen MR) is 73.0 cm³/mol. The van der Waals surface area contributed by atoms with Gasteiger partial charge < -0.3 is 14.8 Å². The van der Waals surface area contributed by atoms with Gasteiger partial charge in [-0.1, -0.05) is 22.6 Å². The van der Waals surface area contributed by atoms with E-state index in [0.29, 0.717) is 0 Å². The van der Waals surface area contributed by atoms with Gasteiger partial charge in [-0.3, -0.25) is 0 Å². The molecule has 0 rings (SSSR count). The van der Waals surface area contributed by atoms with E-state index in [2.05, 4.69) is 10.1 Å². The van der Waals surface area contributed by atoms with Crippen LogP contribution in [0.25, 0.3) is 0 Å². The lowest BCUT2D eigenvalue weighted by molar-refractivity contribution is -0.145. The molecule has 0 saturated carbocycles. The molecule has 5 nitrogen and oxygen atoms in total. The molecule has 0 bridgehead atoms. The SMILES string of the molecule is COC(=O)[C@](C)(/C=C/[123I])NC(=O)OC(C)(C)C. The third-order valence-electron chi connectivity index (χ3n) is 1.77. The van der Waals surface area contributed by atoms with Gasteiger partial charge in [-0.15, -0.1) is 0 Å². The molecule has 0 aliphatic rings. The van der Waals surface area contributed by atoms with E-state index in [1.165, 1.54) is 20.1 Å². The standard InChI is InChI=1S/C11H18INO4/c1-10(2,3)17-9(15)13-11(4,6-7-12)8(14)16-5/h6-7H,1-5H3,(H,13,15)/b7-6+/t11-/m0/s1/i12-4. The first-order valence-corrected chi connectivity index (χ1v) is 6.26. The molecule has 1 amide bonds. The van der Waals surface area contributed by atoms with E-state index in [9.17, 15) is 9.59 Å². The van der Waals surface area contributed by atoms with Crippen LogP contribution >= 0.6 is 22.6 Å². The molecule has 0 aromatic rings.